The first-order chi connectivity index (χ1) is 11.1. The lowest BCUT2D eigenvalue weighted by molar-refractivity contribution is 1.14. The maximum Gasteiger partial charge on any atom is -0.0307 e. The van der Waals surface area contributed by atoms with Crippen LogP contribution in [0.2, 0.25) is 0 Å². The van der Waals surface area contributed by atoms with Gasteiger partial charge in [-0.05, 0) is 43.9 Å². The lowest BCUT2D eigenvalue weighted by Crippen LogP contribution is -1.74. The number of rotatable bonds is 1. The summed E-state index contributed by atoms with van der Waals surface area (Å²) in [7, 11) is 0. The molecule has 0 N–H and O–H groups in total. The van der Waals surface area contributed by atoms with E-state index in [4.69, 9.17) is 0 Å². The Labute approximate surface area is 141 Å². The Kier molecular flexibility index (Phi) is 9.16. The first-order valence-electron chi connectivity index (χ1n) is 8.21. The Morgan fingerprint density at radius 3 is 1.17 bits per heavy atom. The van der Waals surface area contributed by atoms with E-state index < -0.39 is 0 Å². The zero-order valence-electron chi connectivity index (χ0n) is 14.8. The lowest BCUT2D eigenvalue weighted by atomic mass is 10.1. The van der Waals surface area contributed by atoms with E-state index in [0.717, 1.165) is 6.42 Å². The van der Waals surface area contributed by atoms with Gasteiger partial charge in [-0.3, -0.25) is 0 Å². The molecule has 0 saturated carbocycles. The Balaban J connectivity index is 0.000000173. The highest BCUT2D eigenvalue weighted by Gasteiger charge is 1.84. The van der Waals surface area contributed by atoms with E-state index in [2.05, 4.69) is 88.4 Å². The van der Waals surface area contributed by atoms with Gasteiger partial charge < -0.3 is 0 Å². The predicted molar refractivity (Wildman–Crippen MR) is 103 cm³/mol. The van der Waals surface area contributed by atoms with Crippen LogP contribution in [0, 0.1) is 20.8 Å². The second-order valence-corrected chi connectivity index (χ2v) is 5.58. The highest BCUT2D eigenvalue weighted by Crippen LogP contribution is 2.02. The SMILES string of the molecule is CCc1ccccc1.Cc1ccccc1.Cc1ccccc1C. The van der Waals surface area contributed by atoms with Gasteiger partial charge in [0.2, 0.25) is 0 Å². The molecule has 0 aromatic heterocycles. The smallest absolute Gasteiger partial charge is 0.0307 e. The molecule has 23 heavy (non-hydrogen) atoms. The Morgan fingerprint density at radius 1 is 0.522 bits per heavy atom. The van der Waals surface area contributed by atoms with Crippen LogP contribution in [0.25, 0.3) is 0 Å². The van der Waals surface area contributed by atoms with Crippen molar-refractivity contribution >= 4 is 0 Å². The fraction of sp³-hybridized carbons (Fsp3) is 0.217. The van der Waals surface area contributed by atoms with Crippen LogP contribution in [0.5, 0.6) is 0 Å². The van der Waals surface area contributed by atoms with Crippen LogP contribution in [0.4, 0.5) is 0 Å². The number of benzene rings is 3. The van der Waals surface area contributed by atoms with E-state index >= 15 is 0 Å². The molecule has 0 aliphatic heterocycles. The van der Waals surface area contributed by atoms with Crippen molar-refractivity contribution in [3.63, 3.8) is 0 Å². The van der Waals surface area contributed by atoms with Crippen LogP contribution < -0.4 is 0 Å². The Hall–Kier alpha value is -2.34. The van der Waals surface area contributed by atoms with Crippen LogP contribution in [0.3, 0.4) is 0 Å². The lowest BCUT2D eigenvalue weighted by Gasteiger charge is -1.93. The molecule has 120 valence electrons. The maximum absolute atomic E-state index is 2.16. The normalized spacial score (nSPS) is 9.04. The Morgan fingerprint density at radius 2 is 0.913 bits per heavy atom. The summed E-state index contributed by atoms with van der Waals surface area (Å²) in [5, 5.41) is 0. The van der Waals surface area contributed by atoms with Gasteiger partial charge in [-0.25, -0.2) is 0 Å². The molecule has 3 aromatic rings. The van der Waals surface area contributed by atoms with Gasteiger partial charge in [0.1, 0.15) is 0 Å². The quantitative estimate of drug-likeness (QED) is 0.478. The third-order valence-electron chi connectivity index (χ3n) is 3.62. The third-order valence-corrected chi connectivity index (χ3v) is 3.62. The average molecular weight is 304 g/mol. The standard InChI is InChI=1S/2C8H10.C7H8/c1-7-5-3-4-6-8(7)2;1-2-8-6-4-3-5-7-8;1-7-5-3-2-4-6-7/h3-6H,1-2H3;3-7H,2H2,1H3;2-6H,1H3. The van der Waals surface area contributed by atoms with Crippen LogP contribution in [0.15, 0.2) is 84.9 Å². The zero-order chi connectivity index (χ0) is 16.9. The van der Waals surface area contributed by atoms with Gasteiger partial charge in [0.15, 0.2) is 0 Å². The van der Waals surface area contributed by atoms with Crippen molar-refractivity contribution in [2.45, 2.75) is 34.1 Å². The highest BCUT2D eigenvalue weighted by atomic mass is 13.9. The average Bonchev–Trinajstić information content (AvgIpc) is 2.60. The molecule has 0 aliphatic carbocycles. The summed E-state index contributed by atoms with van der Waals surface area (Å²) >= 11 is 0. The van der Waals surface area contributed by atoms with Gasteiger partial charge in [-0.2, -0.15) is 0 Å². The molecule has 0 heteroatoms. The zero-order valence-corrected chi connectivity index (χ0v) is 14.8. The molecule has 0 spiro atoms. The minimum atomic E-state index is 1.14. The molecule has 0 saturated heterocycles. The van der Waals surface area contributed by atoms with Crippen LogP contribution in [-0.4, -0.2) is 0 Å². The van der Waals surface area contributed by atoms with Gasteiger partial charge in [0.05, 0.1) is 0 Å². The molecule has 0 heterocycles. The van der Waals surface area contributed by atoms with Crippen LogP contribution in [0.1, 0.15) is 29.2 Å². The summed E-state index contributed by atoms with van der Waals surface area (Å²) in [4.78, 5) is 0. The molecular formula is C23H28. The van der Waals surface area contributed by atoms with Crippen molar-refractivity contribution in [2.75, 3.05) is 0 Å². The monoisotopic (exact) mass is 304 g/mol. The predicted octanol–water partition coefficient (Wildman–Crippen LogP) is 6.55. The van der Waals surface area contributed by atoms with Crippen LogP contribution in [-0.2, 0) is 6.42 Å². The summed E-state index contributed by atoms with van der Waals surface area (Å²) in [5.74, 6) is 0. The minimum absolute atomic E-state index is 1.14. The van der Waals surface area contributed by atoms with Gasteiger partial charge in [-0.15, -0.1) is 0 Å². The largest absolute Gasteiger partial charge is 0.0622 e. The number of hydrogen-bond acceptors (Lipinski definition) is 0. The topological polar surface area (TPSA) is 0 Å². The van der Waals surface area contributed by atoms with E-state index in [1.54, 1.807) is 0 Å². The molecule has 0 bridgehead atoms. The summed E-state index contributed by atoms with van der Waals surface area (Å²) in [6, 6.07) is 29.1. The first kappa shape index (κ1) is 18.7. The third kappa shape index (κ3) is 8.63. The first-order valence-corrected chi connectivity index (χ1v) is 8.21. The van der Waals surface area contributed by atoms with Gasteiger partial charge in [-0.1, -0.05) is 97.4 Å². The maximum atomic E-state index is 2.16. The van der Waals surface area contributed by atoms with E-state index in [1.165, 1.54) is 22.3 Å². The second kappa shape index (κ2) is 11.3. The molecule has 0 nitrogen and oxygen atoms in total. The minimum Gasteiger partial charge on any atom is -0.0622 e. The summed E-state index contributed by atoms with van der Waals surface area (Å²) < 4.78 is 0. The summed E-state index contributed by atoms with van der Waals surface area (Å²) in [5.41, 5.74) is 5.47. The molecular weight excluding hydrogens is 276 g/mol. The molecule has 0 unspecified atom stereocenters. The molecule has 0 fully saturated rings. The van der Waals surface area contributed by atoms with Crippen molar-refractivity contribution in [1.29, 1.82) is 0 Å². The molecule has 0 aliphatic rings. The van der Waals surface area contributed by atoms with Crippen molar-refractivity contribution in [2.24, 2.45) is 0 Å². The highest BCUT2D eigenvalue weighted by molar-refractivity contribution is 5.23. The Bertz CT molecular complexity index is 618. The second-order valence-electron chi connectivity index (χ2n) is 5.58. The molecule has 0 amide bonds. The number of hydrogen-bond donors (Lipinski definition) is 0. The van der Waals surface area contributed by atoms with E-state index in [9.17, 15) is 0 Å². The van der Waals surface area contributed by atoms with Gasteiger partial charge in [0.25, 0.3) is 0 Å². The molecule has 0 atom stereocenters. The van der Waals surface area contributed by atoms with Crippen LogP contribution >= 0.6 is 0 Å². The molecule has 0 radical (unpaired) electrons. The van der Waals surface area contributed by atoms with Gasteiger partial charge >= 0.3 is 0 Å². The van der Waals surface area contributed by atoms with Crippen molar-refractivity contribution in [3.05, 3.63) is 107 Å². The van der Waals surface area contributed by atoms with E-state index in [-0.39, 0.29) is 0 Å². The molecule has 3 aromatic carbocycles. The van der Waals surface area contributed by atoms with E-state index in [1.807, 2.05) is 24.3 Å². The van der Waals surface area contributed by atoms with E-state index in [0.29, 0.717) is 0 Å². The van der Waals surface area contributed by atoms with Crippen molar-refractivity contribution in [1.82, 2.24) is 0 Å². The fourth-order valence-electron chi connectivity index (χ4n) is 1.91. The fourth-order valence-corrected chi connectivity index (χ4v) is 1.91. The molecule has 3 rings (SSSR count). The summed E-state index contributed by atoms with van der Waals surface area (Å²) in [6.45, 7) is 8.49. The summed E-state index contributed by atoms with van der Waals surface area (Å²) in [6.07, 6.45) is 1.14. The van der Waals surface area contributed by atoms with Gasteiger partial charge in [0, 0.05) is 0 Å². The number of aryl methyl sites for hydroxylation is 4. The van der Waals surface area contributed by atoms with Crippen molar-refractivity contribution in [3.8, 4) is 0 Å². The van der Waals surface area contributed by atoms with Crippen molar-refractivity contribution < 1.29 is 0 Å².